The van der Waals surface area contributed by atoms with E-state index in [2.05, 4.69) is 11.4 Å². The van der Waals surface area contributed by atoms with Gasteiger partial charge in [0.1, 0.15) is 17.0 Å². The van der Waals surface area contributed by atoms with E-state index in [9.17, 15) is 10.1 Å². The smallest absolute Gasteiger partial charge is 0.235 e. The van der Waals surface area contributed by atoms with E-state index in [4.69, 9.17) is 28.9 Å². The number of nitriles is 1. The fourth-order valence-electron chi connectivity index (χ4n) is 4.58. The highest BCUT2D eigenvalue weighted by Gasteiger charge is 2.60. The van der Waals surface area contributed by atoms with Crippen molar-refractivity contribution in [1.82, 2.24) is 5.32 Å². The molecule has 31 heavy (non-hydrogen) atoms. The Morgan fingerprint density at radius 2 is 1.94 bits per heavy atom. The van der Waals surface area contributed by atoms with E-state index >= 15 is 8.78 Å². The topological polar surface area (TPSA) is 78.9 Å². The predicted octanol–water partition coefficient (Wildman–Crippen LogP) is 5.08. The van der Waals surface area contributed by atoms with Crippen molar-refractivity contribution in [1.29, 1.82) is 5.26 Å². The van der Waals surface area contributed by atoms with Crippen molar-refractivity contribution in [2.45, 2.75) is 50.6 Å². The molecule has 0 aromatic heterocycles. The van der Waals surface area contributed by atoms with E-state index in [1.54, 1.807) is 0 Å². The summed E-state index contributed by atoms with van der Waals surface area (Å²) in [6.07, 6.45) is 0.394. The van der Waals surface area contributed by atoms with Gasteiger partial charge in [0.25, 0.3) is 0 Å². The molecule has 1 aliphatic rings. The van der Waals surface area contributed by atoms with Gasteiger partial charge in [-0.25, -0.2) is 8.78 Å². The van der Waals surface area contributed by atoms with Gasteiger partial charge in [-0.3, -0.25) is 4.79 Å². The van der Waals surface area contributed by atoms with Gasteiger partial charge in [-0.1, -0.05) is 62.2 Å². The van der Waals surface area contributed by atoms with Gasteiger partial charge in [0, 0.05) is 22.5 Å². The summed E-state index contributed by atoms with van der Waals surface area (Å²) in [6.45, 7) is 5.88. The van der Waals surface area contributed by atoms with Gasteiger partial charge in [0.2, 0.25) is 5.91 Å². The lowest BCUT2D eigenvalue weighted by Gasteiger charge is -2.37. The van der Waals surface area contributed by atoms with Crippen LogP contribution in [0.5, 0.6) is 0 Å². The van der Waals surface area contributed by atoms with Crippen molar-refractivity contribution in [3.05, 3.63) is 69.2 Å². The lowest BCUT2D eigenvalue weighted by molar-refractivity contribution is -0.120. The lowest BCUT2D eigenvalue weighted by Crippen LogP contribution is -2.45. The molecule has 0 spiro atoms. The van der Waals surface area contributed by atoms with Crippen molar-refractivity contribution in [3.8, 4) is 6.07 Å². The minimum atomic E-state index is -1.65. The van der Waals surface area contributed by atoms with Crippen molar-refractivity contribution < 1.29 is 13.6 Å². The molecule has 3 N–H and O–H groups in total. The first-order valence-electron chi connectivity index (χ1n) is 9.78. The molecule has 4 atom stereocenters. The van der Waals surface area contributed by atoms with E-state index < -0.39 is 41.0 Å². The predicted molar refractivity (Wildman–Crippen MR) is 117 cm³/mol. The Balaban J connectivity index is 2.38. The van der Waals surface area contributed by atoms with E-state index in [1.165, 1.54) is 30.3 Å². The average Bonchev–Trinajstić information content (AvgIpc) is 2.97. The Labute approximate surface area is 190 Å². The Kier molecular flexibility index (Phi) is 6.35. The number of carbonyl (C=O) groups is 1. The molecular weight excluding hydrogens is 443 g/mol. The third kappa shape index (κ3) is 4.15. The van der Waals surface area contributed by atoms with Crippen LogP contribution in [0, 0.1) is 28.4 Å². The summed E-state index contributed by atoms with van der Waals surface area (Å²) in [5, 5.41) is 13.6. The minimum Gasteiger partial charge on any atom is -0.368 e. The van der Waals surface area contributed by atoms with Gasteiger partial charge >= 0.3 is 0 Å². The molecule has 3 rings (SSSR count). The highest BCUT2D eigenvalue weighted by molar-refractivity contribution is 6.31. The van der Waals surface area contributed by atoms with Gasteiger partial charge in [0.15, 0.2) is 0 Å². The first-order chi connectivity index (χ1) is 14.4. The van der Waals surface area contributed by atoms with Crippen LogP contribution in [0.1, 0.15) is 44.2 Å². The molecule has 0 radical (unpaired) electrons. The molecule has 0 aliphatic carbocycles. The normalized spacial score (nSPS) is 25.9. The minimum absolute atomic E-state index is 0.0225. The van der Waals surface area contributed by atoms with Crippen LogP contribution < -0.4 is 11.1 Å². The number of hydrogen-bond acceptors (Lipinski definition) is 3. The standard InChI is InChI=1S/C23H23Cl2F2N3O/c1-22(2,3)10-17-23(11-28,14-8-7-12(24)9-16(14)26)18(20(30-17)21(29)31)13-5-4-6-15(25)19(13)27/h4-9,17-18,20,30H,10H2,1-3H3,(H2,29,31). The van der Waals surface area contributed by atoms with Gasteiger partial charge in [0.05, 0.1) is 17.1 Å². The zero-order valence-electron chi connectivity index (χ0n) is 17.3. The average molecular weight is 466 g/mol. The third-order valence-corrected chi connectivity index (χ3v) is 6.28. The van der Waals surface area contributed by atoms with E-state index in [0.717, 1.165) is 6.07 Å². The Morgan fingerprint density at radius 3 is 2.48 bits per heavy atom. The Hall–Kier alpha value is -2.20. The van der Waals surface area contributed by atoms with E-state index in [0.29, 0.717) is 6.42 Å². The molecule has 0 bridgehead atoms. The number of nitrogens with one attached hydrogen (secondary N) is 1. The van der Waals surface area contributed by atoms with Gasteiger partial charge < -0.3 is 11.1 Å². The molecule has 1 saturated heterocycles. The summed E-state index contributed by atoms with van der Waals surface area (Å²) in [5.41, 5.74) is 3.78. The number of rotatable bonds is 4. The first-order valence-corrected chi connectivity index (χ1v) is 10.5. The van der Waals surface area contributed by atoms with Crippen LogP contribution in [0.4, 0.5) is 8.78 Å². The second-order valence-corrected chi connectivity index (χ2v) is 9.93. The van der Waals surface area contributed by atoms with E-state index in [-0.39, 0.29) is 26.6 Å². The summed E-state index contributed by atoms with van der Waals surface area (Å²) in [5.74, 6) is -3.37. The fraction of sp³-hybridized carbons (Fsp3) is 0.391. The van der Waals surface area contributed by atoms with Crippen molar-refractivity contribution in [2.75, 3.05) is 0 Å². The summed E-state index contributed by atoms with van der Waals surface area (Å²) in [4.78, 5) is 12.4. The van der Waals surface area contributed by atoms with Crippen LogP contribution in [-0.2, 0) is 10.2 Å². The van der Waals surface area contributed by atoms with Crippen LogP contribution in [0.3, 0.4) is 0 Å². The molecule has 2 aromatic carbocycles. The third-order valence-electron chi connectivity index (χ3n) is 5.76. The van der Waals surface area contributed by atoms with Crippen LogP contribution in [0.2, 0.25) is 10.0 Å². The maximum atomic E-state index is 15.2. The number of halogens is 4. The van der Waals surface area contributed by atoms with Crippen LogP contribution in [0.25, 0.3) is 0 Å². The number of amides is 1. The molecule has 1 amide bonds. The van der Waals surface area contributed by atoms with Crippen molar-refractivity contribution in [3.63, 3.8) is 0 Å². The molecular formula is C23H23Cl2F2N3O. The molecule has 0 saturated carbocycles. The number of nitrogens with two attached hydrogens (primary N) is 1. The maximum Gasteiger partial charge on any atom is 0.235 e. The number of nitrogens with zero attached hydrogens (tertiary/aromatic N) is 1. The van der Waals surface area contributed by atoms with Gasteiger partial charge in [-0.15, -0.1) is 0 Å². The second-order valence-electron chi connectivity index (χ2n) is 9.09. The monoisotopic (exact) mass is 465 g/mol. The molecule has 4 unspecified atom stereocenters. The molecule has 2 aromatic rings. The van der Waals surface area contributed by atoms with Crippen LogP contribution in [0.15, 0.2) is 36.4 Å². The van der Waals surface area contributed by atoms with Crippen molar-refractivity contribution in [2.24, 2.45) is 11.1 Å². The van der Waals surface area contributed by atoms with Gasteiger partial charge in [-0.05, 0) is 35.6 Å². The van der Waals surface area contributed by atoms with Crippen LogP contribution in [-0.4, -0.2) is 18.0 Å². The molecule has 1 aliphatic heterocycles. The highest BCUT2D eigenvalue weighted by atomic mass is 35.5. The Bertz CT molecular complexity index is 1060. The zero-order valence-corrected chi connectivity index (χ0v) is 18.9. The molecule has 164 valence electrons. The first kappa shape index (κ1) is 23.5. The SMILES string of the molecule is CC(C)(C)CC1NC(C(N)=O)C(c2cccc(Cl)c2F)C1(C#N)c1ccc(Cl)cc1F. The number of hydrogen-bond donors (Lipinski definition) is 2. The summed E-state index contributed by atoms with van der Waals surface area (Å²) in [6, 6.07) is 8.75. The summed E-state index contributed by atoms with van der Waals surface area (Å²) in [7, 11) is 0. The van der Waals surface area contributed by atoms with Crippen molar-refractivity contribution >= 4 is 29.1 Å². The second kappa shape index (κ2) is 8.38. The summed E-state index contributed by atoms with van der Waals surface area (Å²) < 4.78 is 30.4. The lowest BCUT2D eigenvalue weighted by atomic mass is 9.62. The number of carbonyl (C=O) groups excluding carboxylic acids is 1. The zero-order chi connectivity index (χ0) is 23.1. The van der Waals surface area contributed by atoms with E-state index in [1.807, 2.05) is 20.8 Å². The fourth-order valence-corrected chi connectivity index (χ4v) is 4.92. The largest absolute Gasteiger partial charge is 0.368 e. The highest BCUT2D eigenvalue weighted by Crippen LogP contribution is 2.52. The van der Waals surface area contributed by atoms with Gasteiger partial charge in [-0.2, -0.15) is 5.26 Å². The number of benzene rings is 2. The molecule has 1 heterocycles. The quantitative estimate of drug-likeness (QED) is 0.660. The molecule has 1 fully saturated rings. The number of primary amides is 1. The maximum absolute atomic E-state index is 15.2. The van der Waals surface area contributed by atoms with Crippen LogP contribution >= 0.6 is 23.2 Å². The Morgan fingerprint density at radius 1 is 1.26 bits per heavy atom. The molecule has 4 nitrogen and oxygen atoms in total. The molecule has 8 heteroatoms. The summed E-state index contributed by atoms with van der Waals surface area (Å²) >= 11 is 12.0.